The predicted octanol–water partition coefficient (Wildman–Crippen LogP) is 1.21. The van der Waals surface area contributed by atoms with Crippen LogP contribution in [0.3, 0.4) is 0 Å². The first-order chi connectivity index (χ1) is 7.69. The zero-order valence-electron chi connectivity index (χ0n) is 8.14. The van der Waals surface area contributed by atoms with Crippen molar-refractivity contribution < 1.29 is 4.39 Å². The van der Waals surface area contributed by atoms with Crippen LogP contribution in [0.2, 0.25) is 0 Å². The van der Waals surface area contributed by atoms with Crippen LogP contribution in [0.5, 0.6) is 0 Å². The van der Waals surface area contributed by atoms with E-state index in [1.807, 2.05) is 6.92 Å². The number of hydrogen-bond donors (Lipinski definition) is 2. The molecule has 0 radical (unpaired) electrons. The molecule has 0 aliphatic rings. The van der Waals surface area contributed by atoms with Crippen LogP contribution in [0.1, 0.15) is 5.01 Å². The second-order valence-corrected chi connectivity index (χ2v) is 5.10. The Morgan fingerprint density at radius 2 is 2.31 bits per heavy atom. The molecule has 0 amide bonds. The summed E-state index contributed by atoms with van der Waals surface area (Å²) in [4.78, 5) is 7.51. The molecule has 0 spiro atoms. The third kappa shape index (κ3) is 2.43. The number of nitrogen functional groups attached to an aromatic ring is 1. The molecule has 0 unspecified atom stereocenters. The number of hydrogen-bond acceptors (Lipinski definition) is 8. The lowest BCUT2D eigenvalue weighted by atomic mass is 10.6. The number of aryl methyl sites for hydroxylation is 1. The number of nitrogens with two attached hydrogens (primary N) is 1. The molecular weight excluding hydrogens is 251 g/mol. The van der Waals surface area contributed by atoms with E-state index in [9.17, 15) is 4.39 Å². The highest BCUT2D eigenvalue weighted by atomic mass is 32.2. The summed E-state index contributed by atoms with van der Waals surface area (Å²) in [6.07, 6.45) is 1.05. The number of anilines is 1. The summed E-state index contributed by atoms with van der Waals surface area (Å²) in [7, 11) is 0. The molecule has 0 saturated heterocycles. The van der Waals surface area contributed by atoms with Crippen molar-refractivity contribution in [2.24, 2.45) is 5.84 Å². The maximum Gasteiger partial charge on any atom is 0.238 e. The number of hydrazine groups is 1. The molecule has 6 nitrogen and oxygen atoms in total. The van der Waals surface area contributed by atoms with Gasteiger partial charge >= 0.3 is 0 Å². The molecule has 2 rings (SSSR count). The zero-order chi connectivity index (χ0) is 11.5. The van der Waals surface area contributed by atoms with E-state index >= 15 is 0 Å². The topological polar surface area (TPSA) is 89.6 Å². The minimum absolute atomic E-state index is 0.158. The summed E-state index contributed by atoms with van der Waals surface area (Å²) >= 11 is 2.45. The molecule has 0 aliphatic heterocycles. The molecule has 0 bridgehead atoms. The average Bonchev–Trinajstić information content (AvgIpc) is 2.67. The van der Waals surface area contributed by atoms with E-state index in [1.165, 1.54) is 11.3 Å². The van der Waals surface area contributed by atoms with Crippen molar-refractivity contribution in [3.8, 4) is 0 Å². The fraction of sp³-hybridized carbons (Fsp3) is 0.143. The SMILES string of the molecule is Cc1nnc(Sc2nc(NN)ncc2F)s1. The van der Waals surface area contributed by atoms with E-state index < -0.39 is 5.82 Å². The Labute approximate surface area is 98.5 Å². The van der Waals surface area contributed by atoms with Gasteiger partial charge in [0.15, 0.2) is 10.2 Å². The number of aromatic nitrogens is 4. The maximum absolute atomic E-state index is 13.3. The molecular formula is C7H7FN6S2. The van der Waals surface area contributed by atoms with Crippen LogP contribution in [0.25, 0.3) is 0 Å². The van der Waals surface area contributed by atoms with Crippen LogP contribution in [-0.4, -0.2) is 20.2 Å². The Morgan fingerprint density at radius 1 is 1.50 bits per heavy atom. The van der Waals surface area contributed by atoms with Crippen molar-refractivity contribution in [1.82, 2.24) is 20.2 Å². The van der Waals surface area contributed by atoms with E-state index in [0.29, 0.717) is 4.34 Å². The lowest BCUT2D eigenvalue weighted by Gasteiger charge is -2.01. The molecule has 2 aromatic heterocycles. The molecule has 0 fully saturated rings. The van der Waals surface area contributed by atoms with E-state index in [1.54, 1.807) is 0 Å². The van der Waals surface area contributed by atoms with Gasteiger partial charge in [-0.15, -0.1) is 10.2 Å². The lowest BCUT2D eigenvalue weighted by Crippen LogP contribution is -2.11. The van der Waals surface area contributed by atoms with Crippen LogP contribution in [0.4, 0.5) is 10.3 Å². The minimum Gasteiger partial charge on any atom is -0.292 e. The summed E-state index contributed by atoms with van der Waals surface area (Å²) < 4.78 is 14.0. The fourth-order valence-corrected chi connectivity index (χ4v) is 2.61. The van der Waals surface area contributed by atoms with Gasteiger partial charge in [-0.1, -0.05) is 11.3 Å². The van der Waals surface area contributed by atoms with Crippen LogP contribution in [0.15, 0.2) is 15.6 Å². The van der Waals surface area contributed by atoms with Crippen LogP contribution >= 0.6 is 23.1 Å². The molecule has 2 heterocycles. The average molecular weight is 258 g/mol. The van der Waals surface area contributed by atoms with Crippen LogP contribution < -0.4 is 11.3 Å². The minimum atomic E-state index is -0.517. The van der Waals surface area contributed by atoms with Crippen LogP contribution in [0, 0.1) is 12.7 Å². The molecule has 0 saturated carbocycles. The summed E-state index contributed by atoms with van der Waals surface area (Å²) in [6, 6.07) is 0. The Balaban J connectivity index is 2.26. The Morgan fingerprint density at radius 3 is 2.94 bits per heavy atom. The Hall–Kier alpha value is -1.32. The molecule has 16 heavy (non-hydrogen) atoms. The zero-order valence-corrected chi connectivity index (χ0v) is 9.77. The van der Waals surface area contributed by atoms with Crippen molar-refractivity contribution >= 4 is 29.0 Å². The number of nitrogens with one attached hydrogen (secondary N) is 1. The lowest BCUT2D eigenvalue weighted by molar-refractivity contribution is 0.580. The molecule has 2 aromatic rings. The van der Waals surface area contributed by atoms with Gasteiger partial charge in [-0.2, -0.15) is 0 Å². The van der Waals surface area contributed by atoms with Crippen molar-refractivity contribution in [3.05, 3.63) is 17.0 Å². The second-order valence-electron chi connectivity index (χ2n) is 2.68. The first kappa shape index (κ1) is 11.2. The van der Waals surface area contributed by atoms with Gasteiger partial charge in [0.1, 0.15) is 10.0 Å². The van der Waals surface area contributed by atoms with Crippen LogP contribution in [-0.2, 0) is 0 Å². The highest BCUT2D eigenvalue weighted by Crippen LogP contribution is 2.30. The van der Waals surface area contributed by atoms with Gasteiger partial charge in [-0.3, -0.25) is 5.43 Å². The number of halogens is 1. The Bertz CT molecular complexity index is 501. The molecule has 0 aromatic carbocycles. The molecule has 0 atom stereocenters. The highest BCUT2D eigenvalue weighted by Gasteiger charge is 2.11. The molecule has 84 valence electrons. The standard InChI is InChI=1S/C7H7FN6S2/c1-3-13-14-7(15-3)16-5-4(8)2-10-6(11-5)12-9/h2H,9H2,1H3,(H,10,11,12). The largest absolute Gasteiger partial charge is 0.292 e. The molecule has 9 heteroatoms. The monoisotopic (exact) mass is 258 g/mol. The maximum atomic E-state index is 13.3. The normalized spacial score (nSPS) is 10.4. The van der Waals surface area contributed by atoms with E-state index in [2.05, 4.69) is 25.6 Å². The van der Waals surface area contributed by atoms with Gasteiger partial charge in [-0.25, -0.2) is 20.2 Å². The molecule has 0 aliphatic carbocycles. The predicted molar refractivity (Wildman–Crippen MR) is 58.6 cm³/mol. The van der Waals surface area contributed by atoms with E-state index in [0.717, 1.165) is 23.0 Å². The van der Waals surface area contributed by atoms with Gasteiger partial charge in [0.05, 0.1) is 6.20 Å². The van der Waals surface area contributed by atoms with Gasteiger partial charge in [0.2, 0.25) is 5.95 Å². The van der Waals surface area contributed by atoms with E-state index in [4.69, 9.17) is 5.84 Å². The smallest absolute Gasteiger partial charge is 0.238 e. The molecule has 3 N–H and O–H groups in total. The number of nitrogens with zero attached hydrogens (tertiary/aromatic N) is 4. The van der Waals surface area contributed by atoms with Gasteiger partial charge < -0.3 is 0 Å². The van der Waals surface area contributed by atoms with Crippen molar-refractivity contribution in [2.45, 2.75) is 16.3 Å². The van der Waals surface area contributed by atoms with Crippen molar-refractivity contribution in [3.63, 3.8) is 0 Å². The summed E-state index contributed by atoms with van der Waals surface area (Å²) in [5, 5.41) is 8.67. The first-order valence-electron chi connectivity index (χ1n) is 4.16. The van der Waals surface area contributed by atoms with Gasteiger partial charge in [0, 0.05) is 0 Å². The van der Waals surface area contributed by atoms with Crippen molar-refractivity contribution in [1.29, 1.82) is 0 Å². The Kier molecular flexibility index (Phi) is 3.27. The summed E-state index contributed by atoms with van der Waals surface area (Å²) in [5.74, 6) is 4.77. The van der Waals surface area contributed by atoms with E-state index in [-0.39, 0.29) is 11.0 Å². The fourth-order valence-electron chi connectivity index (χ4n) is 0.895. The number of rotatable bonds is 3. The third-order valence-electron chi connectivity index (χ3n) is 1.53. The van der Waals surface area contributed by atoms with Gasteiger partial charge in [-0.05, 0) is 18.7 Å². The quantitative estimate of drug-likeness (QED) is 0.486. The highest BCUT2D eigenvalue weighted by molar-refractivity contribution is 8.01. The summed E-state index contributed by atoms with van der Waals surface area (Å²) in [6.45, 7) is 1.82. The summed E-state index contributed by atoms with van der Waals surface area (Å²) in [5.41, 5.74) is 2.25. The van der Waals surface area contributed by atoms with Crippen molar-refractivity contribution in [2.75, 3.05) is 5.43 Å². The second kappa shape index (κ2) is 4.68. The third-order valence-corrected chi connectivity index (χ3v) is 3.40. The first-order valence-corrected chi connectivity index (χ1v) is 5.79. The van der Waals surface area contributed by atoms with Gasteiger partial charge in [0.25, 0.3) is 0 Å².